The lowest BCUT2D eigenvalue weighted by atomic mass is 9.71. The first-order chi connectivity index (χ1) is 17.2. The van der Waals surface area contributed by atoms with Gasteiger partial charge < -0.3 is 14.9 Å². The van der Waals surface area contributed by atoms with Crippen LogP contribution in [-0.2, 0) is 16.8 Å². The summed E-state index contributed by atoms with van der Waals surface area (Å²) >= 11 is 0. The molecular formula is C28H35FN2O5. The standard InChI is InChI=1S/C28H35FN2O5/c1-30(2)28(21-6-4-3-5-7-21)14-12-19(13-15-28)8-9-20-16-22(10-11-24(20)29)36-23-17-25(26(32)33)31(18-23)27(34)35/h3-7,10-11,16,19,23,25H,8-9,12-15,17-18H2,1-2H3,(H,32,33)(H,34,35)/t19?,23-,25-,28?/m0/s1. The zero-order valence-corrected chi connectivity index (χ0v) is 20.9. The molecule has 0 unspecified atom stereocenters. The fourth-order valence-electron chi connectivity index (χ4n) is 5.88. The Bertz CT molecular complexity index is 1050. The minimum Gasteiger partial charge on any atom is -0.488 e. The maximum absolute atomic E-state index is 14.6. The van der Waals surface area contributed by atoms with Gasteiger partial charge in [0.1, 0.15) is 23.7 Å². The van der Waals surface area contributed by atoms with Gasteiger partial charge in [-0.2, -0.15) is 0 Å². The first kappa shape index (κ1) is 25.9. The molecule has 2 aromatic rings. The van der Waals surface area contributed by atoms with Crippen LogP contribution in [0.3, 0.4) is 0 Å². The van der Waals surface area contributed by atoms with Crippen LogP contribution in [0, 0.1) is 11.7 Å². The summed E-state index contributed by atoms with van der Waals surface area (Å²) < 4.78 is 20.5. The number of nitrogens with zero attached hydrogens (tertiary/aromatic N) is 2. The number of aryl methyl sites for hydroxylation is 1. The Morgan fingerprint density at radius 3 is 2.39 bits per heavy atom. The number of hydrogen-bond acceptors (Lipinski definition) is 4. The van der Waals surface area contributed by atoms with Gasteiger partial charge in [0.2, 0.25) is 0 Å². The predicted molar refractivity (Wildman–Crippen MR) is 134 cm³/mol. The van der Waals surface area contributed by atoms with Gasteiger partial charge in [0.15, 0.2) is 0 Å². The maximum Gasteiger partial charge on any atom is 0.408 e. The van der Waals surface area contributed by atoms with Gasteiger partial charge in [0, 0.05) is 12.0 Å². The number of likely N-dealkylation sites (tertiary alicyclic amines) is 1. The number of amides is 1. The van der Waals surface area contributed by atoms with Crippen LogP contribution < -0.4 is 4.74 Å². The average Bonchev–Trinajstić information content (AvgIpc) is 3.30. The van der Waals surface area contributed by atoms with E-state index in [2.05, 4.69) is 43.3 Å². The molecule has 36 heavy (non-hydrogen) atoms. The largest absolute Gasteiger partial charge is 0.488 e. The summed E-state index contributed by atoms with van der Waals surface area (Å²) in [5.41, 5.74) is 1.96. The smallest absolute Gasteiger partial charge is 0.408 e. The predicted octanol–water partition coefficient (Wildman–Crippen LogP) is 4.99. The van der Waals surface area contributed by atoms with Gasteiger partial charge in [-0.05, 0) is 87.9 Å². The first-order valence-corrected chi connectivity index (χ1v) is 12.6. The van der Waals surface area contributed by atoms with E-state index >= 15 is 0 Å². The van der Waals surface area contributed by atoms with Crippen molar-refractivity contribution in [3.05, 3.63) is 65.5 Å². The molecule has 1 heterocycles. The maximum atomic E-state index is 14.6. The van der Waals surface area contributed by atoms with Crippen molar-refractivity contribution in [1.82, 2.24) is 9.80 Å². The molecule has 0 aromatic heterocycles. The molecule has 1 saturated carbocycles. The number of carbonyl (C=O) groups is 2. The fraction of sp³-hybridized carbons (Fsp3) is 0.500. The molecule has 7 nitrogen and oxygen atoms in total. The normalized spacial score (nSPS) is 26.2. The second kappa shape index (κ2) is 10.9. The lowest BCUT2D eigenvalue weighted by Crippen LogP contribution is -2.44. The number of aliphatic carboxylic acids is 1. The van der Waals surface area contributed by atoms with E-state index in [0.29, 0.717) is 23.7 Å². The molecule has 2 aromatic carbocycles. The molecule has 2 N–H and O–H groups in total. The molecule has 1 amide bonds. The Balaban J connectivity index is 1.35. The SMILES string of the molecule is CN(C)C1(c2ccccc2)CCC(CCc2cc(O[C@H]3C[C@@H](C(=O)O)N(C(=O)O)C3)ccc2F)CC1. The highest BCUT2D eigenvalue weighted by molar-refractivity contribution is 5.80. The average molecular weight is 499 g/mol. The van der Waals surface area contributed by atoms with E-state index in [0.717, 1.165) is 37.0 Å². The van der Waals surface area contributed by atoms with Crippen molar-refractivity contribution in [2.45, 2.75) is 62.6 Å². The van der Waals surface area contributed by atoms with E-state index in [1.165, 1.54) is 17.7 Å². The van der Waals surface area contributed by atoms with Crippen molar-refractivity contribution in [3.8, 4) is 5.75 Å². The van der Waals surface area contributed by atoms with Crippen LogP contribution in [0.2, 0.25) is 0 Å². The summed E-state index contributed by atoms with van der Waals surface area (Å²) in [5.74, 6) is -0.526. The molecule has 8 heteroatoms. The highest BCUT2D eigenvalue weighted by Gasteiger charge is 2.41. The van der Waals surface area contributed by atoms with E-state index in [9.17, 15) is 24.2 Å². The first-order valence-electron chi connectivity index (χ1n) is 12.6. The Labute approximate surface area is 211 Å². The van der Waals surface area contributed by atoms with Crippen molar-refractivity contribution in [1.29, 1.82) is 0 Å². The topological polar surface area (TPSA) is 90.3 Å². The number of carboxylic acids is 1. The Morgan fingerprint density at radius 2 is 1.81 bits per heavy atom. The molecule has 1 saturated heterocycles. The number of hydrogen-bond donors (Lipinski definition) is 2. The Kier molecular flexibility index (Phi) is 7.83. The minimum atomic E-state index is -1.29. The molecular weight excluding hydrogens is 463 g/mol. The summed E-state index contributed by atoms with van der Waals surface area (Å²) in [6, 6.07) is 14.1. The zero-order chi connectivity index (χ0) is 25.9. The quantitative estimate of drug-likeness (QED) is 0.533. The molecule has 0 radical (unpaired) electrons. The van der Waals surface area contributed by atoms with E-state index < -0.39 is 24.2 Å². The number of carboxylic acid groups (broad SMARTS) is 2. The minimum absolute atomic E-state index is 0.0316. The van der Waals surface area contributed by atoms with Crippen LogP contribution in [0.4, 0.5) is 9.18 Å². The van der Waals surface area contributed by atoms with Crippen molar-refractivity contribution >= 4 is 12.1 Å². The number of benzene rings is 2. The van der Waals surface area contributed by atoms with Crippen molar-refractivity contribution < 1.29 is 28.9 Å². The molecule has 194 valence electrons. The molecule has 2 fully saturated rings. The summed E-state index contributed by atoms with van der Waals surface area (Å²) in [5, 5.41) is 18.6. The van der Waals surface area contributed by atoms with Crippen LogP contribution in [0.25, 0.3) is 0 Å². The molecule has 1 aliphatic heterocycles. The molecule has 2 atom stereocenters. The van der Waals surface area contributed by atoms with Gasteiger partial charge >= 0.3 is 12.1 Å². The van der Waals surface area contributed by atoms with Gasteiger partial charge in [-0.15, -0.1) is 0 Å². The Hall–Kier alpha value is -3.13. The van der Waals surface area contributed by atoms with Gasteiger partial charge in [-0.1, -0.05) is 30.3 Å². The van der Waals surface area contributed by atoms with Gasteiger partial charge in [0.25, 0.3) is 0 Å². The third-order valence-corrected chi connectivity index (χ3v) is 8.03. The molecule has 1 aliphatic carbocycles. The monoisotopic (exact) mass is 498 g/mol. The highest BCUT2D eigenvalue weighted by atomic mass is 19.1. The highest BCUT2D eigenvalue weighted by Crippen LogP contribution is 2.44. The van der Waals surface area contributed by atoms with E-state index in [-0.39, 0.29) is 24.3 Å². The van der Waals surface area contributed by atoms with Gasteiger partial charge in [0.05, 0.1) is 6.54 Å². The lowest BCUT2D eigenvalue weighted by molar-refractivity contribution is -0.141. The van der Waals surface area contributed by atoms with E-state index in [1.807, 2.05) is 6.07 Å². The zero-order valence-electron chi connectivity index (χ0n) is 20.9. The van der Waals surface area contributed by atoms with Crippen LogP contribution >= 0.6 is 0 Å². The summed E-state index contributed by atoms with van der Waals surface area (Å²) in [4.78, 5) is 26.0. The number of ether oxygens (including phenoxy) is 1. The lowest BCUT2D eigenvalue weighted by Gasteiger charge is -2.45. The van der Waals surface area contributed by atoms with Crippen LogP contribution in [0.1, 0.15) is 49.7 Å². The third-order valence-electron chi connectivity index (χ3n) is 8.03. The summed E-state index contributed by atoms with van der Waals surface area (Å²) in [6.45, 7) is -0.0316. The molecule has 0 bridgehead atoms. The summed E-state index contributed by atoms with van der Waals surface area (Å²) in [7, 11) is 4.29. The molecule has 4 rings (SSSR count). The van der Waals surface area contributed by atoms with Crippen LogP contribution in [0.5, 0.6) is 5.75 Å². The van der Waals surface area contributed by atoms with Gasteiger partial charge in [-0.3, -0.25) is 9.80 Å². The van der Waals surface area contributed by atoms with Crippen molar-refractivity contribution in [3.63, 3.8) is 0 Å². The van der Waals surface area contributed by atoms with Gasteiger partial charge in [-0.25, -0.2) is 14.0 Å². The molecule has 0 spiro atoms. The molecule has 2 aliphatic rings. The van der Waals surface area contributed by atoms with Crippen molar-refractivity contribution in [2.24, 2.45) is 5.92 Å². The third kappa shape index (κ3) is 5.48. The van der Waals surface area contributed by atoms with Crippen LogP contribution in [-0.4, -0.2) is 64.9 Å². The van der Waals surface area contributed by atoms with E-state index in [1.54, 1.807) is 6.07 Å². The Morgan fingerprint density at radius 1 is 1.11 bits per heavy atom. The number of halogens is 1. The van der Waals surface area contributed by atoms with Crippen molar-refractivity contribution in [2.75, 3.05) is 20.6 Å². The number of rotatable bonds is 8. The second-order valence-corrected chi connectivity index (χ2v) is 10.3. The summed E-state index contributed by atoms with van der Waals surface area (Å²) in [6.07, 6.45) is 3.95. The second-order valence-electron chi connectivity index (χ2n) is 10.3. The fourth-order valence-corrected chi connectivity index (χ4v) is 5.88. The van der Waals surface area contributed by atoms with Crippen LogP contribution in [0.15, 0.2) is 48.5 Å². The van der Waals surface area contributed by atoms with E-state index in [4.69, 9.17) is 4.74 Å².